The maximum Gasteiger partial charge on any atom is 0.0943 e. The SMILES string of the molecule is CCC(NC(C)c1ccccc1)C(O)c1ccccc1. The summed E-state index contributed by atoms with van der Waals surface area (Å²) in [6, 6.07) is 20.4. The van der Waals surface area contributed by atoms with Gasteiger partial charge in [-0.05, 0) is 24.5 Å². The molecule has 0 spiro atoms. The van der Waals surface area contributed by atoms with Gasteiger partial charge in [0, 0.05) is 12.1 Å². The quantitative estimate of drug-likeness (QED) is 0.835. The smallest absolute Gasteiger partial charge is 0.0943 e. The second-order valence-electron chi connectivity index (χ2n) is 5.17. The standard InChI is InChI=1S/C18H23NO/c1-3-17(18(20)16-12-8-5-9-13-16)19-14(2)15-10-6-4-7-11-15/h4-14,17-20H,3H2,1-2H3. The zero-order valence-electron chi connectivity index (χ0n) is 12.2. The molecule has 0 aromatic heterocycles. The van der Waals surface area contributed by atoms with E-state index in [2.05, 4.69) is 31.3 Å². The Morgan fingerprint density at radius 1 is 0.900 bits per heavy atom. The van der Waals surface area contributed by atoms with E-state index in [4.69, 9.17) is 0 Å². The molecule has 2 heteroatoms. The maximum absolute atomic E-state index is 10.5. The average molecular weight is 269 g/mol. The molecular formula is C18H23NO. The first-order valence-corrected chi connectivity index (χ1v) is 7.26. The molecule has 3 atom stereocenters. The van der Waals surface area contributed by atoms with E-state index < -0.39 is 6.10 Å². The van der Waals surface area contributed by atoms with Gasteiger partial charge in [0.1, 0.15) is 0 Å². The van der Waals surface area contributed by atoms with E-state index in [1.165, 1.54) is 5.56 Å². The Labute approximate surface area is 121 Å². The van der Waals surface area contributed by atoms with Crippen molar-refractivity contribution in [2.45, 2.75) is 38.5 Å². The minimum atomic E-state index is -0.479. The number of benzene rings is 2. The Bertz CT molecular complexity index is 497. The van der Waals surface area contributed by atoms with Crippen LogP contribution in [0.4, 0.5) is 0 Å². The molecule has 0 amide bonds. The van der Waals surface area contributed by atoms with Gasteiger partial charge >= 0.3 is 0 Å². The number of hydrogen-bond donors (Lipinski definition) is 2. The van der Waals surface area contributed by atoms with E-state index >= 15 is 0 Å². The van der Waals surface area contributed by atoms with Crippen molar-refractivity contribution in [3.8, 4) is 0 Å². The third kappa shape index (κ3) is 3.69. The number of aliphatic hydroxyl groups excluding tert-OH is 1. The minimum absolute atomic E-state index is 0.0487. The van der Waals surface area contributed by atoms with Crippen molar-refractivity contribution in [1.29, 1.82) is 0 Å². The largest absolute Gasteiger partial charge is 0.387 e. The van der Waals surface area contributed by atoms with Gasteiger partial charge in [-0.2, -0.15) is 0 Å². The second-order valence-corrected chi connectivity index (χ2v) is 5.17. The van der Waals surface area contributed by atoms with Gasteiger partial charge in [-0.25, -0.2) is 0 Å². The fourth-order valence-corrected chi connectivity index (χ4v) is 2.47. The first kappa shape index (κ1) is 14.8. The molecule has 0 aliphatic heterocycles. The second kappa shape index (κ2) is 7.22. The van der Waals surface area contributed by atoms with E-state index in [1.807, 2.05) is 48.5 Å². The molecule has 2 aromatic rings. The normalized spacial score (nSPS) is 15.6. The lowest BCUT2D eigenvalue weighted by molar-refractivity contribution is 0.120. The Balaban J connectivity index is 2.05. The van der Waals surface area contributed by atoms with Crippen LogP contribution in [0.3, 0.4) is 0 Å². The molecule has 0 aliphatic rings. The minimum Gasteiger partial charge on any atom is -0.387 e. The van der Waals surface area contributed by atoms with Crippen LogP contribution in [-0.4, -0.2) is 11.1 Å². The highest BCUT2D eigenvalue weighted by Crippen LogP contribution is 2.22. The summed E-state index contributed by atoms with van der Waals surface area (Å²) < 4.78 is 0. The molecule has 2 N–H and O–H groups in total. The molecule has 0 saturated carbocycles. The molecular weight excluding hydrogens is 246 g/mol. The van der Waals surface area contributed by atoms with Crippen molar-refractivity contribution in [3.63, 3.8) is 0 Å². The molecule has 2 rings (SSSR count). The van der Waals surface area contributed by atoms with Crippen LogP contribution in [0.5, 0.6) is 0 Å². The monoisotopic (exact) mass is 269 g/mol. The van der Waals surface area contributed by atoms with Gasteiger partial charge in [0.2, 0.25) is 0 Å². The molecule has 0 bridgehead atoms. The molecule has 0 fully saturated rings. The highest BCUT2D eigenvalue weighted by atomic mass is 16.3. The highest BCUT2D eigenvalue weighted by molar-refractivity contribution is 5.21. The Morgan fingerprint density at radius 2 is 1.40 bits per heavy atom. The van der Waals surface area contributed by atoms with Crippen molar-refractivity contribution in [3.05, 3.63) is 71.8 Å². The zero-order chi connectivity index (χ0) is 14.4. The lowest BCUT2D eigenvalue weighted by Gasteiger charge is -2.27. The number of aliphatic hydroxyl groups is 1. The Kier molecular flexibility index (Phi) is 5.33. The van der Waals surface area contributed by atoms with Gasteiger partial charge in [-0.3, -0.25) is 0 Å². The lowest BCUT2D eigenvalue weighted by atomic mass is 9.98. The van der Waals surface area contributed by atoms with Crippen LogP contribution in [0.2, 0.25) is 0 Å². The summed E-state index contributed by atoms with van der Waals surface area (Å²) in [6.07, 6.45) is 0.403. The molecule has 0 radical (unpaired) electrons. The maximum atomic E-state index is 10.5. The highest BCUT2D eigenvalue weighted by Gasteiger charge is 2.21. The third-order valence-electron chi connectivity index (χ3n) is 3.73. The van der Waals surface area contributed by atoms with Crippen LogP contribution in [-0.2, 0) is 0 Å². The van der Waals surface area contributed by atoms with Crippen LogP contribution in [0, 0.1) is 0 Å². The zero-order valence-corrected chi connectivity index (χ0v) is 12.2. The predicted octanol–water partition coefficient (Wildman–Crippen LogP) is 3.85. The summed E-state index contributed by atoms with van der Waals surface area (Å²) in [6.45, 7) is 4.23. The molecule has 2 aromatic carbocycles. The fourth-order valence-electron chi connectivity index (χ4n) is 2.47. The topological polar surface area (TPSA) is 32.3 Å². The average Bonchev–Trinajstić information content (AvgIpc) is 2.53. The molecule has 106 valence electrons. The molecule has 0 heterocycles. The molecule has 2 nitrogen and oxygen atoms in total. The van der Waals surface area contributed by atoms with Crippen LogP contribution in [0.15, 0.2) is 60.7 Å². The van der Waals surface area contributed by atoms with Crippen LogP contribution in [0.1, 0.15) is 43.5 Å². The van der Waals surface area contributed by atoms with Gasteiger partial charge in [-0.1, -0.05) is 67.6 Å². The van der Waals surface area contributed by atoms with Crippen LogP contribution in [0.25, 0.3) is 0 Å². The van der Waals surface area contributed by atoms with Gasteiger partial charge in [0.05, 0.1) is 6.10 Å². The van der Waals surface area contributed by atoms with Crippen molar-refractivity contribution >= 4 is 0 Å². The first-order chi connectivity index (χ1) is 9.72. The van der Waals surface area contributed by atoms with Crippen molar-refractivity contribution in [2.75, 3.05) is 0 Å². The van der Waals surface area contributed by atoms with Gasteiger partial charge in [-0.15, -0.1) is 0 Å². The fraction of sp³-hybridized carbons (Fsp3) is 0.333. The molecule has 0 saturated heterocycles. The van der Waals surface area contributed by atoms with Crippen LogP contribution >= 0.6 is 0 Å². The number of rotatable bonds is 6. The predicted molar refractivity (Wildman–Crippen MR) is 83.5 cm³/mol. The van der Waals surface area contributed by atoms with E-state index in [0.717, 1.165) is 12.0 Å². The molecule has 3 unspecified atom stereocenters. The molecule has 0 aliphatic carbocycles. The summed E-state index contributed by atoms with van der Waals surface area (Å²) >= 11 is 0. The third-order valence-corrected chi connectivity index (χ3v) is 3.73. The van der Waals surface area contributed by atoms with E-state index in [-0.39, 0.29) is 12.1 Å². The van der Waals surface area contributed by atoms with E-state index in [9.17, 15) is 5.11 Å². The Morgan fingerprint density at radius 3 is 1.90 bits per heavy atom. The van der Waals surface area contributed by atoms with E-state index in [0.29, 0.717) is 0 Å². The van der Waals surface area contributed by atoms with E-state index in [1.54, 1.807) is 0 Å². The van der Waals surface area contributed by atoms with Crippen LogP contribution < -0.4 is 5.32 Å². The van der Waals surface area contributed by atoms with Gasteiger partial charge < -0.3 is 10.4 Å². The molecule has 20 heavy (non-hydrogen) atoms. The first-order valence-electron chi connectivity index (χ1n) is 7.26. The number of hydrogen-bond acceptors (Lipinski definition) is 2. The van der Waals surface area contributed by atoms with Crippen molar-refractivity contribution in [1.82, 2.24) is 5.32 Å². The summed E-state index contributed by atoms with van der Waals surface area (Å²) in [7, 11) is 0. The summed E-state index contributed by atoms with van der Waals surface area (Å²) in [5, 5.41) is 14.0. The number of nitrogens with one attached hydrogen (secondary N) is 1. The van der Waals surface area contributed by atoms with Crippen molar-refractivity contribution < 1.29 is 5.11 Å². The van der Waals surface area contributed by atoms with Crippen molar-refractivity contribution in [2.24, 2.45) is 0 Å². The summed E-state index contributed by atoms with van der Waals surface area (Å²) in [5.74, 6) is 0. The summed E-state index contributed by atoms with van der Waals surface area (Å²) in [5.41, 5.74) is 2.21. The summed E-state index contributed by atoms with van der Waals surface area (Å²) in [4.78, 5) is 0. The Hall–Kier alpha value is -1.64. The van der Waals surface area contributed by atoms with Gasteiger partial charge in [0.15, 0.2) is 0 Å². The van der Waals surface area contributed by atoms with Gasteiger partial charge in [0.25, 0.3) is 0 Å². The lowest BCUT2D eigenvalue weighted by Crippen LogP contribution is -2.36.